The Labute approximate surface area is 175 Å². The Balaban J connectivity index is 1.67. The maximum Gasteiger partial charge on any atom is 0.251 e. The van der Waals surface area contributed by atoms with Gasteiger partial charge < -0.3 is 16.0 Å². The molecule has 0 aromatic heterocycles. The first-order chi connectivity index (χ1) is 14.3. The van der Waals surface area contributed by atoms with E-state index in [-0.39, 0.29) is 11.7 Å². The van der Waals surface area contributed by atoms with Crippen LogP contribution in [0.25, 0.3) is 0 Å². The van der Waals surface area contributed by atoms with E-state index in [1.54, 1.807) is 18.2 Å². The molecule has 160 valence electrons. The number of sulfone groups is 1. The molecule has 3 N–H and O–H groups in total. The van der Waals surface area contributed by atoms with Crippen LogP contribution >= 0.6 is 0 Å². The molecular formula is C21H24FN3O4S. The smallest absolute Gasteiger partial charge is 0.251 e. The van der Waals surface area contributed by atoms with Crippen LogP contribution in [0.4, 0.5) is 15.8 Å². The Morgan fingerprint density at radius 2 is 1.87 bits per heavy atom. The lowest BCUT2D eigenvalue weighted by Gasteiger charge is -2.27. The third-order valence-electron chi connectivity index (χ3n) is 4.72. The molecule has 0 bridgehead atoms. The van der Waals surface area contributed by atoms with Crippen LogP contribution in [0.3, 0.4) is 0 Å². The van der Waals surface area contributed by atoms with Gasteiger partial charge in [0.05, 0.1) is 22.9 Å². The number of halogens is 1. The van der Waals surface area contributed by atoms with Crippen molar-refractivity contribution in [3.63, 3.8) is 0 Å². The second kappa shape index (κ2) is 9.25. The van der Waals surface area contributed by atoms with Crippen molar-refractivity contribution < 1.29 is 22.4 Å². The molecule has 0 unspecified atom stereocenters. The lowest BCUT2D eigenvalue weighted by Crippen LogP contribution is -2.43. The average molecular weight is 434 g/mol. The van der Waals surface area contributed by atoms with E-state index in [9.17, 15) is 22.4 Å². The standard InChI is InChI=1S/C21H24FN3O4S/c1-2-3-10-23-20(26)15-6-9-17-18(11-15)25-21(27)19(24-17)13-30(28,29)12-14-4-7-16(22)8-5-14/h4-9,11,19,24H,2-3,10,12-13H2,1H3,(H,23,26)(H,25,27)/t19-/m1/s1. The molecule has 2 aromatic carbocycles. The van der Waals surface area contributed by atoms with Gasteiger partial charge in [0.15, 0.2) is 9.84 Å². The molecule has 0 aliphatic carbocycles. The van der Waals surface area contributed by atoms with Gasteiger partial charge in [0.2, 0.25) is 5.91 Å². The Hall–Kier alpha value is -2.94. The highest BCUT2D eigenvalue weighted by Gasteiger charge is 2.30. The van der Waals surface area contributed by atoms with E-state index in [4.69, 9.17) is 0 Å². The molecule has 1 aliphatic heterocycles. The van der Waals surface area contributed by atoms with Crippen LogP contribution < -0.4 is 16.0 Å². The summed E-state index contributed by atoms with van der Waals surface area (Å²) in [4.78, 5) is 24.6. The molecule has 2 amide bonds. The third kappa shape index (κ3) is 5.56. The predicted molar refractivity (Wildman–Crippen MR) is 114 cm³/mol. The summed E-state index contributed by atoms with van der Waals surface area (Å²) in [6, 6.07) is 9.06. The van der Waals surface area contributed by atoms with Crippen LogP contribution in [0.2, 0.25) is 0 Å². The zero-order valence-electron chi connectivity index (χ0n) is 16.6. The fraction of sp³-hybridized carbons (Fsp3) is 0.333. The monoisotopic (exact) mass is 433 g/mol. The Kier molecular flexibility index (Phi) is 6.71. The molecule has 0 fully saturated rings. The highest BCUT2D eigenvalue weighted by Crippen LogP contribution is 2.28. The van der Waals surface area contributed by atoms with Gasteiger partial charge in [0, 0.05) is 12.1 Å². The molecule has 0 spiro atoms. The lowest BCUT2D eigenvalue weighted by atomic mass is 10.1. The van der Waals surface area contributed by atoms with Crippen molar-refractivity contribution in [2.24, 2.45) is 0 Å². The van der Waals surface area contributed by atoms with Gasteiger partial charge in [-0.05, 0) is 42.3 Å². The first-order valence-electron chi connectivity index (χ1n) is 9.72. The fourth-order valence-electron chi connectivity index (χ4n) is 3.13. The maximum atomic E-state index is 13.0. The van der Waals surface area contributed by atoms with Gasteiger partial charge in [0.1, 0.15) is 11.9 Å². The summed E-state index contributed by atoms with van der Waals surface area (Å²) in [7, 11) is -3.63. The lowest BCUT2D eigenvalue weighted by molar-refractivity contribution is -0.116. The van der Waals surface area contributed by atoms with Crippen LogP contribution in [0.1, 0.15) is 35.7 Å². The van der Waals surface area contributed by atoms with Crippen molar-refractivity contribution in [3.05, 3.63) is 59.4 Å². The van der Waals surface area contributed by atoms with E-state index in [0.717, 1.165) is 12.8 Å². The van der Waals surface area contributed by atoms with Crippen molar-refractivity contribution in [2.75, 3.05) is 22.9 Å². The number of nitrogens with one attached hydrogen (secondary N) is 3. The molecule has 7 nitrogen and oxygen atoms in total. The van der Waals surface area contributed by atoms with Crippen molar-refractivity contribution in [1.82, 2.24) is 5.32 Å². The number of fused-ring (bicyclic) bond motifs is 1. The Bertz CT molecular complexity index is 1040. The molecule has 0 saturated carbocycles. The quantitative estimate of drug-likeness (QED) is 0.556. The highest BCUT2D eigenvalue weighted by atomic mass is 32.2. The van der Waals surface area contributed by atoms with E-state index in [1.807, 2.05) is 6.92 Å². The summed E-state index contributed by atoms with van der Waals surface area (Å²) >= 11 is 0. The molecule has 3 rings (SSSR count). The zero-order valence-corrected chi connectivity index (χ0v) is 17.4. The minimum Gasteiger partial charge on any atom is -0.371 e. The van der Waals surface area contributed by atoms with Crippen LogP contribution in [-0.2, 0) is 20.4 Å². The minimum atomic E-state index is -3.63. The topological polar surface area (TPSA) is 104 Å². The van der Waals surface area contributed by atoms with Gasteiger partial charge in [-0.25, -0.2) is 12.8 Å². The fourth-order valence-corrected chi connectivity index (χ4v) is 4.69. The molecule has 1 heterocycles. The van der Waals surface area contributed by atoms with Crippen LogP contribution in [0.15, 0.2) is 42.5 Å². The summed E-state index contributed by atoms with van der Waals surface area (Å²) in [5.41, 5.74) is 1.83. The summed E-state index contributed by atoms with van der Waals surface area (Å²) in [6.07, 6.45) is 1.85. The molecule has 1 aliphatic rings. The van der Waals surface area contributed by atoms with E-state index in [2.05, 4.69) is 16.0 Å². The molecule has 0 saturated heterocycles. The van der Waals surface area contributed by atoms with Crippen LogP contribution in [0.5, 0.6) is 0 Å². The van der Waals surface area contributed by atoms with Crippen LogP contribution in [-0.4, -0.2) is 38.6 Å². The molecule has 9 heteroatoms. The summed E-state index contributed by atoms with van der Waals surface area (Å²) in [6.45, 7) is 2.60. The normalized spacial score (nSPS) is 15.7. The Morgan fingerprint density at radius 1 is 1.13 bits per heavy atom. The molecule has 1 atom stereocenters. The minimum absolute atomic E-state index is 0.232. The number of carbonyl (C=O) groups is 2. The number of unbranched alkanes of at least 4 members (excludes halogenated alkanes) is 1. The van der Waals surface area contributed by atoms with Gasteiger partial charge in [-0.3, -0.25) is 9.59 Å². The number of rotatable bonds is 8. The largest absolute Gasteiger partial charge is 0.371 e. The van der Waals surface area contributed by atoms with E-state index in [0.29, 0.717) is 29.0 Å². The number of anilines is 2. The molecule has 30 heavy (non-hydrogen) atoms. The summed E-state index contributed by atoms with van der Waals surface area (Å²) in [5, 5.41) is 8.41. The number of amides is 2. The third-order valence-corrected chi connectivity index (χ3v) is 6.34. The van der Waals surface area contributed by atoms with E-state index < -0.39 is 33.4 Å². The number of carbonyl (C=O) groups excluding carboxylic acids is 2. The highest BCUT2D eigenvalue weighted by molar-refractivity contribution is 7.90. The molecular weight excluding hydrogens is 409 g/mol. The SMILES string of the molecule is CCCCNC(=O)c1ccc2c(c1)NC(=O)[C@@H](CS(=O)(=O)Cc1ccc(F)cc1)N2. The zero-order chi connectivity index (χ0) is 21.7. The van der Waals surface area contributed by atoms with Gasteiger partial charge in [-0.15, -0.1) is 0 Å². The number of benzene rings is 2. The van der Waals surface area contributed by atoms with Crippen molar-refractivity contribution in [1.29, 1.82) is 0 Å². The number of hydrogen-bond donors (Lipinski definition) is 3. The predicted octanol–water partition coefficient (Wildman–Crippen LogP) is 2.70. The molecule has 0 radical (unpaired) electrons. The van der Waals surface area contributed by atoms with Gasteiger partial charge in [-0.1, -0.05) is 25.5 Å². The van der Waals surface area contributed by atoms with E-state index >= 15 is 0 Å². The number of hydrogen-bond acceptors (Lipinski definition) is 5. The molecule has 2 aromatic rings. The van der Waals surface area contributed by atoms with Gasteiger partial charge in [0.25, 0.3) is 5.91 Å². The second-order valence-electron chi connectivity index (χ2n) is 7.24. The maximum absolute atomic E-state index is 13.0. The second-order valence-corrected chi connectivity index (χ2v) is 9.35. The van der Waals surface area contributed by atoms with Crippen molar-refractivity contribution >= 4 is 33.0 Å². The van der Waals surface area contributed by atoms with Gasteiger partial charge >= 0.3 is 0 Å². The van der Waals surface area contributed by atoms with Crippen molar-refractivity contribution in [3.8, 4) is 0 Å². The summed E-state index contributed by atoms with van der Waals surface area (Å²) in [5.74, 6) is -1.87. The average Bonchev–Trinajstić information content (AvgIpc) is 2.69. The Morgan fingerprint density at radius 3 is 2.57 bits per heavy atom. The summed E-state index contributed by atoms with van der Waals surface area (Å²) < 4.78 is 38.0. The first kappa shape index (κ1) is 21.8. The van der Waals surface area contributed by atoms with Gasteiger partial charge in [-0.2, -0.15) is 0 Å². The first-order valence-corrected chi connectivity index (χ1v) is 11.5. The van der Waals surface area contributed by atoms with Crippen LogP contribution in [0, 0.1) is 5.82 Å². The van der Waals surface area contributed by atoms with Crippen molar-refractivity contribution in [2.45, 2.75) is 31.6 Å². The van der Waals surface area contributed by atoms with E-state index in [1.165, 1.54) is 24.3 Å².